The van der Waals surface area contributed by atoms with Crippen LogP contribution in [0.3, 0.4) is 0 Å². The second-order valence-corrected chi connectivity index (χ2v) is 5.92. The predicted octanol–water partition coefficient (Wildman–Crippen LogP) is 4.26. The molecule has 0 aliphatic rings. The van der Waals surface area contributed by atoms with Crippen molar-refractivity contribution in [3.63, 3.8) is 0 Å². The summed E-state index contributed by atoms with van der Waals surface area (Å²) < 4.78 is 18.5. The first-order chi connectivity index (χ1) is 12.4. The molecule has 0 saturated heterocycles. The van der Waals surface area contributed by atoms with Crippen molar-refractivity contribution < 1.29 is 18.7 Å². The predicted molar refractivity (Wildman–Crippen MR) is 100 cm³/mol. The van der Waals surface area contributed by atoms with Gasteiger partial charge in [0.25, 0.3) is 0 Å². The van der Waals surface area contributed by atoms with Crippen molar-refractivity contribution in [2.45, 2.75) is 19.9 Å². The van der Waals surface area contributed by atoms with E-state index in [4.69, 9.17) is 4.74 Å². The van der Waals surface area contributed by atoms with E-state index >= 15 is 0 Å². The molecule has 0 aliphatic carbocycles. The van der Waals surface area contributed by atoms with E-state index in [9.17, 15) is 14.0 Å². The Balaban J connectivity index is 2.01. The number of rotatable bonds is 6. The summed E-state index contributed by atoms with van der Waals surface area (Å²) in [6, 6.07) is 10.7. The van der Waals surface area contributed by atoms with Crippen molar-refractivity contribution in [2.75, 3.05) is 12.4 Å². The fraction of sp³-hybridized carbons (Fsp3) is 0.200. The molecule has 2 amide bonds. The van der Waals surface area contributed by atoms with Crippen molar-refractivity contribution in [2.24, 2.45) is 0 Å². The first-order valence-corrected chi connectivity index (χ1v) is 8.12. The summed E-state index contributed by atoms with van der Waals surface area (Å²) in [5.41, 5.74) is 1.60. The molecule has 0 aliphatic heterocycles. The molecule has 0 aromatic heterocycles. The van der Waals surface area contributed by atoms with Crippen LogP contribution in [0.25, 0.3) is 6.08 Å². The fourth-order valence-electron chi connectivity index (χ4n) is 2.20. The van der Waals surface area contributed by atoms with Crippen LogP contribution in [-0.4, -0.2) is 25.0 Å². The molecule has 2 N–H and O–H groups in total. The molecule has 26 heavy (non-hydrogen) atoms. The normalized spacial score (nSPS) is 10.8. The third-order valence-electron chi connectivity index (χ3n) is 3.45. The number of amides is 2. The number of hydrogen-bond acceptors (Lipinski definition) is 3. The minimum atomic E-state index is -0.489. The third kappa shape index (κ3) is 5.44. The Morgan fingerprint density at radius 2 is 1.81 bits per heavy atom. The molecule has 0 radical (unpaired) electrons. The van der Waals surface area contributed by atoms with Gasteiger partial charge in [0.1, 0.15) is 0 Å². The second kappa shape index (κ2) is 8.80. The number of ether oxygens (including phenoxy) is 1. The lowest BCUT2D eigenvalue weighted by molar-refractivity contribution is 0.104. The van der Waals surface area contributed by atoms with Crippen LogP contribution in [0.2, 0.25) is 0 Å². The zero-order valence-corrected chi connectivity index (χ0v) is 14.9. The molecule has 0 bridgehead atoms. The summed E-state index contributed by atoms with van der Waals surface area (Å²) in [7, 11) is 1.39. The number of carbonyl (C=O) groups excluding carboxylic acids is 2. The van der Waals surface area contributed by atoms with Crippen LogP contribution < -0.4 is 15.4 Å². The van der Waals surface area contributed by atoms with Crippen molar-refractivity contribution in [3.05, 3.63) is 65.5 Å². The van der Waals surface area contributed by atoms with Crippen LogP contribution in [0.4, 0.5) is 14.9 Å². The summed E-state index contributed by atoms with van der Waals surface area (Å²) in [4.78, 5) is 23.8. The SMILES string of the molecule is COc1ccc(/C=C/C(=O)c2ccc(NC(=O)NC(C)C)cc2)cc1F. The highest BCUT2D eigenvalue weighted by Gasteiger charge is 2.06. The van der Waals surface area contributed by atoms with Gasteiger partial charge in [0.2, 0.25) is 0 Å². The van der Waals surface area contributed by atoms with E-state index < -0.39 is 5.82 Å². The maximum atomic E-state index is 13.6. The van der Waals surface area contributed by atoms with E-state index in [0.717, 1.165) is 0 Å². The Morgan fingerprint density at radius 3 is 2.38 bits per heavy atom. The van der Waals surface area contributed by atoms with Crippen LogP contribution in [-0.2, 0) is 0 Å². The highest BCUT2D eigenvalue weighted by atomic mass is 19.1. The molecule has 2 aromatic carbocycles. The Hall–Kier alpha value is -3.15. The van der Waals surface area contributed by atoms with Gasteiger partial charge in [-0.25, -0.2) is 9.18 Å². The van der Waals surface area contributed by atoms with Gasteiger partial charge in [-0.1, -0.05) is 12.1 Å². The van der Waals surface area contributed by atoms with E-state index in [1.165, 1.54) is 31.4 Å². The van der Waals surface area contributed by atoms with Gasteiger partial charge in [0.05, 0.1) is 7.11 Å². The minimum Gasteiger partial charge on any atom is -0.494 e. The molecule has 5 nitrogen and oxygen atoms in total. The standard InChI is InChI=1S/C20H21FN2O3/c1-13(2)22-20(25)23-16-8-6-15(7-9-16)18(24)10-4-14-5-11-19(26-3)17(21)12-14/h4-13H,1-3H3,(H2,22,23,25)/b10-4+. The molecule has 136 valence electrons. The van der Waals surface area contributed by atoms with Gasteiger partial charge in [-0.05, 0) is 61.9 Å². The van der Waals surface area contributed by atoms with Gasteiger partial charge in [-0.2, -0.15) is 0 Å². The zero-order chi connectivity index (χ0) is 19.1. The van der Waals surface area contributed by atoms with Crippen LogP contribution in [0.5, 0.6) is 5.75 Å². The third-order valence-corrected chi connectivity index (χ3v) is 3.45. The van der Waals surface area contributed by atoms with Crippen LogP contribution in [0.1, 0.15) is 29.8 Å². The maximum absolute atomic E-state index is 13.6. The van der Waals surface area contributed by atoms with Gasteiger partial charge in [0, 0.05) is 17.3 Å². The first-order valence-electron chi connectivity index (χ1n) is 8.12. The molecule has 6 heteroatoms. The zero-order valence-electron chi connectivity index (χ0n) is 14.9. The molecule has 0 spiro atoms. The van der Waals surface area contributed by atoms with E-state index in [2.05, 4.69) is 10.6 Å². The Morgan fingerprint density at radius 1 is 1.12 bits per heavy atom. The number of urea groups is 1. The number of ketones is 1. The highest BCUT2D eigenvalue weighted by molar-refractivity contribution is 6.07. The quantitative estimate of drug-likeness (QED) is 0.600. The number of allylic oxidation sites excluding steroid dienone is 1. The molecule has 2 aromatic rings. The van der Waals surface area contributed by atoms with E-state index in [-0.39, 0.29) is 23.6 Å². The molecular weight excluding hydrogens is 335 g/mol. The van der Waals surface area contributed by atoms with Crippen molar-refractivity contribution >= 4 is 23.6 Å². The smallest absolute Gasteiger partial charge is 0.319 e. The summed E-state index contributed by atoms with van der Waals surface area (Å²) in [5, 5.41) is 5.39. The molecule has 0 fully saturated rings. The number of carbonyl (C=O) groups is 2. The van der Waals surface area contributed by atoms with E-state index in [1.807, 2.05) is 13.8 Å². The molecule has 2 rings (SSSR count). The Labute approximate surface area is 151 Å². The average Bonchev–Trinajstić information content (AvgIpc) is 2.59. The van der Waals surface area contributed by atoms with Gasteiger partial charge >= 0.3 is 6.03 Å². The Kier molecular flexibility index (Phi) is 6.49. The van der Waals surface area contributed by atoms with Gasteiger partial charge in [0.15, 0.2) is 17.3 Å². The summed E-state index contributed by atoms with van der Waals surface area (Å²) in [6.07, 6.45) is 2.91. The first kappa shape index (κ1) is 19.2. The average molecular weight is 356 g/mol. The number of methoxy groups -OCH3 is 1. The topological polar surface area (TPSA) is 67.4 Å². The van der Waals surface area contributed by atoms with Crippen LogP contribution in [0, 0.1) is 5.82 Å². The summed E-state index contributed by atoms with van der Waals surface area (Å²) >= 11 is 0. The molecular formula is C20H21FN2O3. The lowest BCUT2D eigenvalue weighted by Crippen LogP contribution is -2.34. The van der Waals surface area contributed by atoms with Gasteiger partial charge in [-0.3, -0.25) is 4.79 Å². The fourth-order valence-corrected chi connectivity index (χ4v) is 2.20. The number of hydrogen-bond donors (Lipinski definition) is 2. The summed E-state index contributed by atoms with van der Waals surface area (Å²) in [5.74, 6) is -0.560. The monoisotopic (exact) mass is 356 g/mol. The molecule has 0 saturated carbocycles. The van der Waals surface area contributed by atoms with Crippen LogP contribution >= 0.6 is 0 Å². The minimum absolute atomic E-state index is 0.0313. The van der Waals surface area contributed by atoms with E-state index in [0.29, 0.717) is 16.8 Å². The molecule has 0 heterocycles. The van der Waals surface area contributed by atoms with Crippen molar-refractivity contribution in [1.82, 2.24) is 5.32 Å². The summed E-state index contributed by atoms with van der Waals surface area (Å²) in [6.45, 7) is 3.73. The second-order valence-electron chi connectivity index (χ2n) is 5.92. The lowest BCUT2D eigenvalue weighted by atomic mass is 10.1. The van der Waals surface area contributed by atoms with Gasteiger partial charge in [-0.15, -0.1) is 0 Å². The highest BCUT2D eigenvalue weighted by Crippen LogP contribution is 2.18. The van der Waals surface area contributed by atoms with E-state index in [1.54, 1.807) is 30.3 Å². The lowest BCUT2D eigenvalue weighted by Gasteiger charge is -2.10. The molecule has 0 unspecified atom stereocenters. The van der Waals surface area contributed by atoms with Crippen molar-refractivity contribution in [1.29, 1.82) is 0 Å². The molecule has 0 atom stereocenters. The van der Waals surface area contributed by atoms with Gasteiger partial charge < -0.3 is 15.4 Å². The number of nitrogens with one attached hydrogen (secondary N) is 2. The maximum Gasteiger partial charge on any atom is 0.319 e. The Bertz CT molecular complexity index is 814. The number of benzene rings is 2. The number of anilines is 1. The van der Waals surface area contributed by atoms with Crippen molar-refractivity contribution in [3.8, 4) is 5.75 Å². The largest absolute Gasteiger partial charge is 0.494 e. The van der Waals surface area contributed by atoms with Crippen LogP contribution in [0.15, 0.2) is 48.5 Å². The number of halogens is 1.